The molecule has 94 valence electrons. The number of piperazine rings is 1. The highest BCUT2D eigenvalue weighted by Gasteiger charge is 2.25. The second-order valence-corrected chi connectivity index (χ2v) is 4.65. The largest absolute Gasteiger partial charge is 0.345 e. The van der Waals surface area contributed by atoms with Crippen molar-refractivity contribution in [3.8, 4) is 0 Å². The van der Waals surface area contributed by atoms with Gasteiger partial charge in [0, 0.05) is 43.5 Å². The lowest BCUT2D eigenvalue weighted by atomic mass is 10.1. The number of rotatable bonds is 1. The normalized spacial score (nSPS) is 20.3. The predicted molar refractivity (Wildman–Crippen MR) is 69.5 cm³/mol. The Bertz CT molecular complexity index is 577. The Kier molecular flexibility index (Phi) is 2.76. The first-order chi connectivity index (χ1) is 8.77. The van der Waals surface area contributed by atoms with Crippen LogP contribution < -0.4 is 5.32 Å². The first-order valence-corrected chi connectivity index (χ1v) is 6.21. The summed E-state index contributed by atoms with van der Waals surface area (Å²) in [5.74, 6) is 0.0863. The number of fused-ring (bicyclic) bond motifs is 1. The quantitative estimate of drug-likeness (QED) is 0.786. The highest BCUT2D eigenvalue weighted by atomic mass is 16.2. The summed E-state index contributed by atoms with van der Waals surface area (Å²) >= 11 is 0. The average Bonchev–Trinajstić information content (AvgIpc) is 2.82. The molecule has 1 saturated heterocycles. The molecule has 2 aromatic rings. The molecule has 0 unspecified atom stereocenters. The van der Waals surface area contributed by atoms with E-state index in [0.717, 1.165) is 30.7 Å². The number of hydrogen-bond acceptors (Lipinski definition) is 3. The van der Waals surface area contributed by atoms with E-state index in [2.05, 4.69) is 22.2 Å². The van der Waals surface area contributed by atoms with Crippen molar-refractivity contribution in [2.75, 3.05) is 19.6 Å². The topological polar surface area (TPSA) is 61.0 Å². The molecule has 0 spiro atoms. The molecule has 5 nitrogen and oxygen atoms in total. The van der Waals surface area contributed by atoms with E-state index in [-0.39, 0.29) is 11.9 Å². The number of nitrogens with one attached hydrogen (secondary N) is 2. The van der Waals surface area contributed by atoms with Crippen LogP contribution in [-0.4, -0.2) is 46.5 Å². The van der Waals surface area contributed by atoms with Crippen LogP contribution in [-0.2, 0) is 0 Å². The maximum Gasteiger partial charge on any atom is 0.256 e. The lowest BCUT2D eigenvalue weighted by Gasteiger charge is -2.33. The van der Waals surface area contributed by atoms with Crippen molar-refractivity contribution in [3.05, 3.63) is 30.1 Å². The number of hydrogen-bond donors (Lipinski definition) is 2. The van der Waals surface area contributed by atoms with Crippen LogP contribution >= 0.6 is 0 Å². The lowest BCUT2D eigenvalue weighted by molar-refractivity contribution is 0.0658. The van der Waals surface area contributed by atoms with Crippen molar-refractivity contribution in [1.82, 2.24) is 20.2 Å². The van der Waals surface area contributed by atoms with Gasteiger partial charge in [-0.2, -0.15) is 0 Å². The number of pyridine rings is 1. The Hall–Kier alpha value is -1.88. The molecule has 0 bridgehead atoms. The zero-order valence-electron chi connectivity index (χ0n) is 10.3. The van der Waals surface area contributed by atoms with E-state index in [9.17, 15) is 4.79 Å². The second kappa shape index (κ2) is 4.42. The fraction of sp³-hybridized carbons (Fsp3) is 0.385. The standard InChI is InChI=1S/C13H16N4O/c1-9-7-14-5-6-17(9)13(18)11-8-16-12-10(11)3-2-4-15-12/h2-4,8-9,14H,5-7H2,1H3,(H,15,16)/t9-/m1/s1. The van der Waals surface area contributed by atoms with E-state index in [4.69, 9.17) is 0 Å². The molecule has 2 aromatic heterocycles. The van der Waals surface area contributed by atoms with Gasteiger partial charge in [-0.25, -0.2) is 4.98 Å². The smallest absolute Gasteiger partial charge is 0.256 e. The van der Waals surface area contributed by atoms with Crippen LogP contribution in [0.15, 0.2) is 24.5 Å². The Morgan fingerprint density at radius 1 is 1.56 bits per heavy atom. The SMILES string of the molecule is C[C@@H]1CNCCN1C(=O)c1c[nH]c2ncccc12. The molecule has 5 heteroatoms. The highest BCUT2D eigenvalue weighted by Crippen LogP contribution is 2.19. The van der Waals surface area contributed by atoms with Crippen LogP contribution in [0.5, 0.6) is 0 Å². The molecule has 3 rings (SSSR count). The highest BCUT2D eigenvalue weighted by molar-refractivity contribution is 6.06. The van der Waals surface area contributed by atoms with Crippen LogP contribution in [0.3, 0.4) is 0 Å². The van der Waals surface area contributed by atoms with Crippen molar-refractivity contribution in [3.63, 3.8) is 0 Å². The fourth-order valence-corrected chi connectivity index (χ4v) is 2.43. The van der Waals surface area contributed by atoms with Gasteiger partial charge in [0.25, 0.3) is 5.91 Å². The van der Waals surface area contributed by atoms with Crippen LogP contribution in [0.2, 0.25) is 0 Å². The summed E-state index contributed by atoms with van der Waals surface area (Å²) in [6.07, 6.45) is 3.48. The van der Waals surface area contributed by atoms with Crippen LogP contribution in [0, 0.1) is 0 Å². The van der Waals surface area contributed by atoms with Gasteiger partial charge in [-0.15, -0.1) is 0 Å². The minimum absolute atomic E-state index is 0.0863. The van der Waals surface area contributed by atoms with E-state index in [1.54, 1.807) is 12.4 Å². The molecular formula is C13H16N4O. The number of H-pyrrole nitrogens is 1. The minimum Gasteiger partial charge on any atom is -0.345 e. The van der Waals surface area contributed by atoms with Crippen LogP contribution in [0.4, 0.5) is 0 Å². The van der Waals surface area contributed by atoms with Crippen molar-refractivity contribution in [2.24, 2.45) is 0 Å². The van der Waals surface area contributed by atoms with Crippen molar-refractivity contribution in [1.29, 1.82) is 0 Å². The van der Waals surface area contributed by atoms with Crippen LogP contribution in [0.25, 0.3) is 11.0 Å². The summed E-state index contributed by atoms with van der Waals surface area (Å²) in [7, 11) is 0. The molecule has 2 N–H and O–H groups in total. The monoisotopic (exact) mass is 244 g/mol. The number of carbonyl (C=O) groups is 1. The van der Waals surface area contributed by atoms with Crippen molar-refractivity contribution < 1.29 is 4.79 Å². The van der Waals surface area contributed by atoms with Gasteiger partial charge in [0.2, 0.25) is 0 Å². The maximum atomic E-state index is 12.5. The maximum absolute atomic E-state index is 12.5. The summed E-state index contributed by atoms with van der Waals surface area (Å²) in [6.45, 7) is 4.53. The number of carbonyl (C=O) groups excluding carboxylic acids is 1. The summed E-state index contributed by atoms with van der Waals surface area (Å²) in [5, 5.41) is 4.18. The molecule has 1 amide bonds. The predicted octanol–water partition coefficient (Wildman–Crippen LogP) is 0.997. The van der Waals surface area contributed by atoms with E-state index >= 15 is 0 Å². The molecule has 1 aliphatic rings. The van der Waals surface area contributed by atoms with Gasteiger partial charge < -0.3 is 15.2 Å². The summed E-state index contributed by atoms with van der Waals surface area (Å²) in [6, 6.07) is 4.01. The van der Waals surface area contributed by atoms with Crippen molar-refractivity contribution in [2.45, 2.75) is 13.0 Å². The minimum atomic E-state index is 0.0863. The first kappa shape index (κ1) is 11.2. The summed E-state index contributed by atoms with van der Waals surface area (Å²) in [5.41, 5.74) is 1.48. The zero-order valence-corrected chi connectivity index (χ0v) is 10.3. The van der Waals surface area contributed by atoms with Gasteiger partial charge in [0.15, 0.2) is 0 Å². The molecule has 0 radical (unpaired) electrons. The summed E-state index contributed by atoms with van der Waals surface area (Å²) in [4.78, 5) is 21.7. The lowest BCUT2D eigenvalue weighted by Crippen LogP contribution is -2.52. The van der Waals surface area contributed by atoms with Gasteiger partial charge in [-0.3, -0.25) is 4.79 Å². The number of aromatic amines is 1. The van der Waals surface area contributed by atoms with Gasteiger partial charge in [0.1, 0.15) is 5.65 Å². The third-order valence-corrected chi connectivity index (χ3v) is 3.44. The Morgan fingerprint density at radius 3 is 3.28 bits per heavy atom. The van der Waals surface area contributed by atoms with Gasteiger partial charge >= 0.3 is 0 Å². The zero-order chi connectivity index (χ0) is 12.5. The van der Waals surface area contributed by atoms with E-state index < -0.39 is 0 Å². The number of amides is 1. The van der Waals surface area contributed by atoms with Gasteiger partial charge in [0.05, 0.1) is 5.56 Å². The molecule has 1 fully saturated rings. The molecule has 0 saturated carbocycles. The molecule has 3 heterocycles. The number of aromatic nitrogens is 2. The third kappa shape index (κ3) is 1.76. The number of nitrogens with zero attached hydrogens (tertiary/aromatic N) is 2. The Morgan fingerprint density at radius 2 is 2.44 bits per heavy atom. The van der Waals surface area contributed by atoms with Crippen LogP contribution in [0.1, 0.15) is 17.3 Å². The molecule has 18 heavy (non-hydrogen) atoms. The third-order valence-electron chi connectivity index (χ3n) is 3.44. The fourth-order valence-electron chi connectivity index (χ4n) is 2.43. The van der Waals surface area contributed by atoms with Gasteiger partial charge in [-0.1, -0.05) is 0 Å². The molecule has 1 atom stereocenters. The Labute approximate surface area is 105 Å². The first-order valence-electron chi connectivity index (χ1n) is 6.21. The molecule has 0 aromatic carbocycles. The summed E-state index contributed by atoms with van der Waals surface area (Å²) < 4.78 is 0. The second-order valence-electron chi connectivity index (χ2n) is 4.65. The van der Waals surface area contributed by atoms with E-state index in [1.165, 1.54) is 0 Å². The van der Waals surface area contributed by atoms with E-state index in [1.807, 2.05) is 17.0 Å². The molecule has 0 aliphatic carbocycles. The molecule has 1 aliphatic heterocycles. The van der Waals surface area contributed by atoms with Gasteiger partial charge in [-0.05, 0) is 19.1 Å². The van der Waals surface area contributed by atoms with E-state index in [0.29, 0.717) is 5.56 Å². The van der Waals surface area contributed by atoms with Crippen molar-refractivity contribution >= 4 is 16.9 Å². The Balaban J connectivity index is 1.96. The average molecular weight is 244 g/mol. The molecular weight excluding hydrogens is 228 g/mol.